The summed E-state index contributed by atoms with van der Waals surface area (Å²) in [6.45, 7) is 5.18. The molecule has 0 aliphatic carbocycles. The van der Waals surface area contributed by atoms with Crippen molar-refractivity contribution in [1.82, 2.24) is 0 Å². The normalized spacial score (nSPS) is 21.4. The van der Waals surface area contributed by atoms with Crippen LogP contribution in [0.1, 0.15) is 45.1 Å². The molecule has 0 fully saturated rings. The molecular weight excluding hydrogens is 228 g/mol. The van der Waals surface area contributed by atoms with Crippen LogP contribution < -0.4 is 5.32 Å². The lowest BCUT2D eigenvalue weighted by molar-refractivity contribution is -0.383. The molecule has 4 nitrogen and oxygen atoms in total. The summed E-state index contributed by atoms with van der Waals surface area (Å²) in [6, 6.07) is 5.43. The van der Waals surface area contributed by atoms with Crippen LogP contribution in [0.5, 0.6) is 0 Å². The summed E-state index contributed by atoms with van der Waals surface area (Å²) in [6.07, 6.45) is 4.44. The van der Waals surface area contributed by atoms with Crippen molar-refractivity contribution in [3.8, 4) is 0 Å². The van der Waals surface area contributed by atoms with Crippen molar-refractivity contribution in [1.29, 1.82) is 0 Å². The first-order valence-electron chi connectivity index (χ1n) is 6.66. The van der Waals surface area contributed by atoms with Gasteiger partial charge >= 0.3 is 0 Å². The summed E-state index contributed by atoms with van der Waals surface area (Å²) in [5, 5.41) is 14.3. The molecule has 1 heterocycles. The van der Waals surface area contributed by atoms with Crippen LogP contribution in [0, 0.1) is 10.1 Å². The smallest absolute Gasteiger partial charge is 0.292 e. The number of benzene rings is 1. The quantitative estimate of drug-likeness (QED) is 0.636. The number of fused-ring (bicyclic) bond motifs is 1. The molecule has 1 aromatic carbocycles. The van der Waals surface area contributed by atoms with Crippen LogP contribution in [0.25, 0.3) is 0 Å². The van der Waals surface area contributed by atoms with E-state index in [2.05, 4.69) is 19.2 Å². The van der Waals surface area contributed by atoms with Crippen molar-refractivity contribution in [2.45, 2.75) is 44.9 Å². The third-order valence-corrected chi connectivity index (χ3v) is 4.10. The Labute approximate surface area is 108 Å². The Bertz CT molecular complexity index is 459. The fourth-order valence-electron chi connectivity index (χ4n) is 2.90. The van der Waals surface area contributed by atoms with Gasteiger partial charge in [-0.3, -0.25) is 10.1 Å². The molecule has 1 aromatic rings. The molecule has 4 heteroatoms. The molecule has 0 aromatic heterocycles. The van der Waals surface area contributed by atoms with Gasteiger partial charge in [-0.2, -0.15) is 0 Å². The highest BCUT2D eigenvalue weighted by atomic mass is 16.6. The van der Waals surface area contributed by atoms with E-state index in [0.717, 1.165) is 43.5 Å². The van der Waals surface area contributed by atoms with E-state index >= 15 is 0 Å². The summed E-state index contributed by atoms with van der Waals surface area (Å²) in [5.74, 6) is 0. The van der Waals surface area contributed by atoms with Crippen molar-refractivity contribution in [3.05, 3.63) is 33.9 Å². The molecule has 0 bridgehead atoms. The van der Waals surface area contributed by atoms with E-state index in [4.69, 9.17) is 0 Å². The van der Waals surface area contributed by atoms with Crippen molar-refractivity contribution >= 4 is 11.4 Å². The number of nitro benzene ring substituents is 1. The number of nitro groups is 1. The number of rotatable bonds is 5. The zero-order valence-electron chi connectivity index (χ0n) is 11.0. The molecule has 1 aliphatic rings. The summed E-state index contributed by atoms with van der Waals surface area (Å²) < 4.78 is 0. The standard InChI is InChI=1S/C14H20N2O2/c1-3-5-9-14(4-2)10-15-13-11(14)7-6-8-12(13)16(17)18/h6-8,15H,3-5,9-10H2,1-2H3. The van der Waals surface area contributed by atoms with Gasteiger partial charge in [0, 0.05) is 18.0 Å². The van der Waals surface area contributed by atoms with Crippen molar-refractivity contribution in [2.24, 2.45) is 0 Å². The average Bonchev–Trinajstić information content (AvgIpc) is 2.75. The van der Waals surface area contributed by atoms with Crippen LogP contribution in [0.3, 0.4) is 0 Å². The first-order valence-corrected chi connectivity index (χ1v) is 6.66. The summed E-state index contributed by atoms with van der Waals surface area (Å²) in [7, 11) is 0. The lowest BCUT2D eigenvalue weighted by atomic mass is 9.76. The lowest BCUT2D eigenvalue weighted by Crippen LogP contribution is -2.27. The van der Waals surface area contributed by atoms with Crippen molar-refractivity contribution in [3.63, 3.8) is 0 Å². The summed E-state index contributed by atoms with van der Waals surface area (Å²) in [4.78, 5) is 10.7. The van der Waals surface area contributed by atoms with Crippen LogP contribution in [0.4, 0.5) is 11.4 Å². The Kier molecular flexibility index (Phi) is 3.55. The molecule has 1 unspecified atom stereocenters. The van der Waals surface area contributed by atoms with Gasteiger partial charge in [0.2, 0.25) is 0 Å². The molecular formula is C14H20N2O2. The molecule has 0 saturated carbocycles. The molecule has 1 atom stereocenters. The van der Waals surface area contributed by atoms with Gasteiger partial charge in [0.25, 0.3) is 5.69 Å². The van der Waals surface area contributed by atoms with Gasteiger partial charge < -0.3 is 5.32 Å². The van der Waals surface area contributed by atoms with Gasteiger partial charge in [0.15, 0.2) is 0 Å². The number of hydrogen-bond donors (Lipinski definition) is 1. The van der Waals surface area contributed by atoms with E-state index in [1.54, 1.807) is 12.1 Å². The molecule has 0 radical (unpaired) electrons. The minimum Gasteiger partial charge on any atom is -0.378 e. The summed E-state index contributed by atoms with van der Waals surface area (Å²) >= 11 is 0. The fourth-order valence-corrected chi connectivity index (χ4v) is 2.90. The average molecular weight is 248 g/mol. The topological polar surface area (TPSA) is 55.2 Å². The molecule has 0 saturated heterocycles. The predicted molar refractivity (Wildman–Crippen MR) is 73.1 cm³/mol. The predicted octanol–water partition coefficient (Wildman–Crippen LogP) is 3.86. The highest BCUT2D eigenvalue weighted by Crippen LogP contribution is 2.46. The Morgan fingerprint density at radius 3 is 2.83 bits per heavy atom. The highest BCUT2D eigenvalue weighted by molar-refractivity contribution is 5.72. The van der Waals surface area contributed by atoms with Gasteiger partial charge in [-0.25, -0.2) is 0 Å². The van der Waals surface area contributed by atoms with Gasteiger partial charge in [-0.1, -0.05) is 38.8 Å². The molecule has 1 aliphatic heterocycles. The number of unbranched alkanes of at least 4 members (excludes halogenated alkanes) is 1. The van der Waals surface area contributed by atoms with E-state index in [-0.39, 0.29) is 16.0 Å². The molecule has 18 heavy (non-hydrogen) atoms. The Hall–Kier alpha value is -1.58. The van der Waals surface area contributed by atoms with E-state index in [1.807, 2.05) is 6.07 Å². The van der Waals surface area contributed by atoms with Crippen molar-refractivity contribution in [2.75, 3.05) is 11.9 Å². The van der Waals surface area contributed by atoms with Crippen LogP contribution >= 0.6 is 0 Å². The van der Waals surface area contributed by atoms with Gasteiger partial charge in [-0.15, -0.1) is 0 Å². The second-order valence-corrected chi connectivity index (χ2v) is 5.05. The zero-order chi connectivity index (χ0) is 13.2. The minimum atomic E-state index is -0.294. The SMILES string of the molecule is CCCCC1(CC)CNc2c([N+](=O)[O-])cccc21. The third-order valence-electron chi connectivity index (χ3n) is 4.10. The van der Waals surface area contributed by atoms with Crippen LogP contribution in [-0.2, 0) is 5.41 Å². The maximum Gasteiger partial charge on any atom is 0.292 e. The van der Waals surface area contributed by atoms with E-state index < -0.39 is 0 Å². The first kappa shape index (κ1) is 12.9. The number of nitrogens with zero attached hydrogens (tertiary/aromatic N) is 1. The fraction of sp³-hybridized carbons (Fsp3) is 0.571. The van der Waals surface area contributed by atoms with E-state index in [0.29, 0.717) is 0 Å². The Balaban J connectivity index is 2.43. The number of anilines is 1. The molecule has 0 amide bonds. The van der Waals surface area contributed by atoms with Gasteiger partial charge in [-0.05, 0) is 18.4 Å². The van der Waals surface area contributed by atoms with Gasteiger partial charge in [0.1, 0.15) is 5.69 Å². The van der Waals surface area contributed by atoms with Gasteiger partial charge in [0.05, 0.1) is 4.92 Å². The van der Waals surface area contributed by atoms with E-state index in [9.17, 15) is 10.1 Å². The van der Waals surface area contributed by atoms with E-state index in [1.165, 1.54) is 0 Å². The largest absolute Gasteiger partial charge is 0.378 e. The zero-order valence-corrected chi connectivity index (χ0v) is 11.0. The van der Waals surface area contributed by atoms with Crippen LogP contribution in [-0.4, -0.2) is 11.5 Å². The van der Waals surface area contributed by atoms with Crippen LogP contribution in [0.2, 0.25) is 0 Å². The number of hydrogen-bond acceptors (Lipinski definition) is 3. The Morgan fingerprint density at radius 2 is 2.22 bits per heavy atom. The monoisotopic (exact) mass is 248 g/mol. The number of nitrogens with one attached hydrogen (secondary N) is 1. The second-order valence-electron chi connectivity index (χ2n) is 5.05. The minimum absolute atomic E-state index is 0.0807. The maximum atomic E-state index is 11.0. The molecule has 1 N–H and O–H groups in total. The van der Waals surface area contributed by atoms with Crippen LogP contribution in [0.15, 0.2) is 18.2 Å². The molecule has 2 rings (SSSR count). The molecule has 0 spiro atoms. The molecule has 98 valence electrons. The lowest BCUT2D eigenvalue weighted by Gasteiger charge is -2.27. The highest BCUT2D eigenvalue weighted by Gasteiger charge is 2.39. The van der Waals surface area contributed by atoms with Crippen molar-refractivity contribution < 1.29 is 4.92 Å². The first-order chi connectivity index (χ1) is 8.64. The maximum absolute atomic E-state index is 11.0. The summed E-state index contributed by atoms with van der Waals surface area (Å²) in [5.41, 5.74) is 2.16. The third kappa shape index (κ3) is 1.96. The number of para-hydroxylation sites is 1. The Morgan fingerprint density at radius 1 is 1.44 bits per heavy atom. The second kappa shape index (κ2) is 4.96.